The summed E-state index contributed by atoms with van der Waals surface area (Å²) in [6.07, 6.45) is 0. The Hall–Kier alpha value is -1.20. The molecule has 2 aromatic rings. The van der Waals surface area contributed by atoms with Crippen LogP contribution in [-0.2, 0) is 0 Å². The average Bonchev–Trinajstić information content (AvgIpc) is 2.21. The fourth-order valence-electron chi connectivity index (χ4n) is 1.29. The molecule has 0 saturated heterocycles. The summed E-state index contributed by atoms with van der Waals surface area (Å²) < 4.78 is 0. The molecule has 0 aliphatic carbocycles. The van der Waals surface area contributed by atoms with Crippen LogP contribution in [0.4, 0.5) is 0 Å². The van der Waals surface area contributed by atoms with Gasteiger partial charge in [-0.25, -0.2) is 0 Å². The summed E-state index contributed by atoms with van der Waals surface area (Å²) in [4.78, 5) is 0. The first-order chi connectivity index (χ1) is 6.45. The monoisotopic (exact) mass is 206 g/mol. The van der Waals surface area contributed by atoms with Gasteiger partial charge in [0.05, 0.1) is 19.2 Å². The molecule has 0 nitrogen and oxygen atoms in total. The van der Waals surface area contributed by atoms with Crippen LogP contribution < -0.4 is 15.3 Å². The number of rotatable bonds is 2. The fourth-order valence-corrected chi connectivity index (χ4v) is 2.51. The van der Waals surface area contributed by atoms with Gasteiger partial charge in [-0.15, -0.1) is 0 Å². The Morgan fingerprint density at radius 2 is 0.929 bits per heavy atom. The zero-order chi connectivity index (χ0) is 8.93. The molecule has 2 aromatic carbocycles. The van der Waals surface area contributed by atoms with E-state index >= 15 is 0 Å². The number of hydrogen-bond donors (Lipinski definition) is 0. The third-order valence-corrected chi connectivity index (χ3v) is 3.37. The Morgan fingerprint density at radius 3 is 1.29 bits per heavy atom. The summed E-state index contributed by atoms with van der Waals surface area (Å²) in [5.74, 6) is 0. The van der Waals surface area contributed by atoms with Crippen LogP contribution in [0.15, 0.2) is 60.7 Å². The molecular weight excluding hydrogens is 194 g/mol. The molecule has 0 amide bonds. The lowest BCUT2D eigenvalue weighted by molar-refractivity contribution is -0.00000243. The van der Waals surface area contributed by atoms with E-state index < -0.39 is 0 Å². The molecule has 0 spiro atoms. The quantitative estimate of drug-likeness (QED) is 0.556. The van der Waals surface area contributed by atoms with Crippen molar-refractivity contribution < 1.29 is 4.70 Å². The summed E-state index contributed by atoms with van der Waals surface area (Å²) in [7, 11) is 0.271. The minimum absolute atomic E-state index is 0. The second-order valence-electron chi connectivity index (χ2n) is 2.97. The predicted molar refractivity (Wildman–Crippen MR) is 61.9 cm³/mol. The van der Waals surface area contributed by atoms with Crippen LogP contribution in [0, 0.1) is 0 Å². The molecule has 0 atom stereocenters. The van der Waals surface area contributed by atoms with Crippen LogP contribution in [-0.4, -0.2) is 0 Å². The van der Waals surface area contributed by atoms with Crippen molar-refractivity contribution in [2.75, 3.05) is 0 Å². The minimum atomic E-state index is 0. The van der Waals surface area contributed by atoms with Gasteiger partial charge >= 0.3 is 0 Å². The number of hydrogen-bond acceptors (Lipinski definition) is 0. The molecule has 2 heteroatoms. The standard InChI is InChI=1S/C12H11P.FH/c1-3-7-11(8-4-1)13-12-9-5-2-6-10-12;/h1-10,13H;1H. The van der Waals surface area contributed by atoms with E-state index in [9.17, 15) is 0 Å². The lowest BCUT2D eigenvalue weighted by Gasteiger charge is -1.92. The first-order valence-corrected chi connectivity index (χ1v) is 5.55. The largest absolute Gasteiger partial charge is 1.00 e. The molecule has 0 N–H and O–H groups in total. The first kappa shape index (κ1) is 10.9. The summed E-state index contributed by atoms with van der Waals surface area (Å²) >= 11 is 0. The lowest BCUT2D eigenvalue weighted by atomic mass is 10.4. The molecule has 0 aliphatic rings. The van der Waals surface area contributed by atoms with Crippen LogP contribution in [0.5, 0.6) is 0 Å². The number of halogens is 1. The highest BCUT2D eigenvalue weighted by Crippen LogP contribution is 2.08. The predicted octanol–water partition coefficient (Wildman–Crippen LogP) is -0.948. The molecule has 0 unspecified atom stereocenters. The summed E-state index contributed by atoms with van der Waals surface area (Å²) in [6, 6.07) is 21.3. The van der Waals surface area contributed by atoms with Crippen molar-refractivity contribution in [3.63, 3.8) is 0 Å². The zero-order valence-electron chi connectivity index (χ0n) is 7.73. The third kappa shape index (κ3) is 2.93. The van der Waals surface area contributed by atoms with Crippen molar-refractivity contribution in [2.45, 2.75) is 0 Å². The maximum absolute atomic E-state index is 2.20. The molecule has 72 valence electrons. The van der Waals surface area contributed by atoms with Gasteiger partial charge < -0.3 is 4.70 Å². The topological polar surface area (TPSA) is 0 Å². The third-order valence-electron chi connectivity index (χ3n) is 1.93. The molecular formula is C12H12FP. The van der Waals surface area contributed by atoms with Crippen LogP contribution >= 0.6 is 8.58 Å². The van der Waals surface area contributed by atoms with Gasteiger partial charge in [0.25, 0.3) is 0 Å². The van der Waals surface area contributed by atoms with Gasteiger partial charge in [-0.05, 0) is 24.3 Å². The average molecular weight is 206 g/mol. The molecule has 0 fully saturated rings. The van der Waals surface area contributed by atoms with E-state index in [1.807, 2.05) is 0 Å². The van der Waals surface area contributed by atoms with E-state index in [0.29, 0.717) is 0 Å². The lowest BCUT2D eigenvalue weighted by Crippen LogP contribution is -3.00. The summed E-state index contributed by atoms with van der Waals surface area (Å²) in [5, 5.41) is 2.90. The van der Waals surface area contributed by atoms with Gasteiger partial charge in [-0.2, -0.15) is 0 Å². The Balaban J connectivity index is 0.000000980. The van der Waals surface area contributed by atoms with Crippen molar-refractivity contribution in [3.8, 4) is 0 Å². The SMILES string of the molecule is [F-].c1ccc([PH2+]c2ccccc2)cc1. The van der Waals surface area contributed by atoms with Crippen molar-refractivity contribution in [2.24, 2.45) is 0 Å². The second-order valence-corrected chi connectivity index (χ2v) is 4.59. The van der Waals surface area contributed by atoms with Gasteiger partial charge in [0.2, 0.25) is 0 Å². The summed E-state index contributed by atoms with van der Waals surface area (Å²) in [5.41, 5.74) is 0. The highest BCUT2D eigenvalue weighted by atomic mass is 31.1. The van der Waals surface area contributed by atoms with E-state index in [2.05, 4.69) is 60.7 Å². The number of benzene rings is 2. The van der Waals surface area contributed by atoms with Gasteiger partial charge in [0, 0.05) is 0 Å². The van der Waals surface area contributed by atoms with Crippen LogP contribution in [0.3, 0.4) is 0 Å². The molecule has 14 heavy (non-hydrogen) atoms. The molecule has 0 heterocycles. The van der Waals surface area contributed by atoms with E-state index in [1.165, 1.54) is 10.6 Å². The van der Waals surface area contributed by atoms with E-state index in [-0.39, 0.29) is 13.3 Å². The van der Waals surface area contributed by atoms with Gasteiger partial charge in [-0.3, -0.25) is 0 Å². The maximum atomic E-state index is 2.20. The Labute approximate surface area is 85.1 Å². The van der Waals surface area contributed by atoms with E-state index in [0.717, 1.165) is 0 Å². The van der Waals surface area contributed by atoms with Crippen LogP contribution in [0.25, 0.3) is 0 Å². The van der Waals surface area contributed by atoms with Crippen LogP contribution in [0.2, 0.25) is 0 Å². The normalized spacial score (nSPS) is 9.14. The highest BCUT2D eigenvalue weighted by molar-refractivity contribution is 7.55. The Morgan fingerprint density at radius 1 is 0.571 bits per heavy atom. The minimum Gasteiger partial charge on any atom is -1.00 e. The first-order valence-electron chi connectivity index (χ1n) is 4.40. The molecule has 0 bridgehead atoms. The van der Waals surface area contributed by atoms with E-state index in [1.54, 1.807) is 0 Å². The zero-order valence-corrected chi connectivity index (χ0v) is 8.88. The van der Waals surface area contributed by atoms with Gasteiger partial charge in [-0.1, -0.05) is 36.4 Å². The molecule has 2 rings (SSSR count). The Bertz CT molecular complexity index is 321. The van der Waals surface area contributed by atoms with E-state index in [4.69, 9.17) is 0 Å². The van der Waals surface area contributed by atoms with Crippen molar-refractivity contribution in [1.82, 2.24) is 0 Å². The van der Waals surface area contributed by atoms with Crippen molar-refractivity contribution >= 4 is 19.2 Å². The Kier molecular flexibility index (Phi) is 4.28. The van der Waals surface area contributed by atoms with Gasteiger partial charge in [0.1, 0.15) is 0 Å². The second kappa shape index (κ2) is 5.51. The molecule has 0 saturated carbocycles. The molecule has 0 radical (unpaired) electrons. The molecule has 0 aliphatic heterocycles. The van der Waals surface area contributed by atoms with Crippen molar-refractivity contribution in [3.05, 3.63) is 60.7 Å². The van der Waals surface area contributed by atoms with Gasteiger partial charge in [0.15, 0.2) is 0 Å². The maximum Gasteiger partial charge on any atom is 0.0942 e. The van der Waals surface area contributed by atoms with Crippen LogP contribution in [0.1, 0.15) is 0 Å². The summed E-state index contributed by atoms with van der Waals surface area (Å²) in [6.45, 7) is 0. The fraction of sp³-hybridized carbons (Fsp3) is 0. The van der Waals surface area contributed by atoms with Crippen molar-refractivity contribution in [1.29, 1.82) is 0 Å². The highest BCUT2D eigenvalue weighted by Gasteiger charge is 2.00. The molecule has 0 aromatic heterocycles. The smallest absolute Gasteiger partial charge is 0.0942 e.